The summed E-state index contributed by atoms with van der Waals surface area (Å²) in [4.78, 5) is 22.3. The molecule has 2 aromatic carbocycles. The smallest absolute Gasteiger partial charge is 0.319 e. The number of nitro groups is 1. The first kappa shape index (κ1) is 18.1. The number of nitrogens with zero attached hydrogens (tertiary/aromatic N) is 1. The fraction of sp³-hybridized carbons (Fsp3) is 0.235. The van der Waals surface area contributed by atoms with Crippen molar-refractivity contribution in [2.75, 3.05) is 19.5 Å². The summed E-state index contributed by atoms with van der Waals surface area (Å²) in [5.41, 5.74) is 1.18. The van der Waals surface area contributed by atoms with E-state index in [0.717, 1.165) is 5.56 Å². The number of anilines is 1. The number of nitrogens with one attached hydrogen (secondary N) is 2. The van der Waals surface area contributed by atoms with Crippen LogP contribution in [0.5, 0.6) is 11.5 Å². The summed E-state index contributed by atoms with van der Waals surface area (Å²) < 4.78 is 10.5. The lowest BCUT2D eigenvalue weighted by atomic mass is 10.1. The fourth-order valence-corrected chi connectivity index (χ4v) is 2.29. The maximum Gasteiger partial charge on any atom is 0.319 e. The van der Waals surface area contributed by atoms with E-state index in [2.05, 4.69) is 10.6 Å². The monoisotopic (exact) mass is 345 g/mol. The van der Waals surface area contributed by atoms with Crippen LogP contribution in [0.3, 0.4) is 0 Å². The summed E-state index contributed by atoms with van der Waals surface area (Å²) in [6.45, 7) is 1.81. The van der Waals surface area contributed by atoms with Crippen LogP contribution in [0.4, 0.5) is 16.2 Å². The highest BCUT2D eigenvalue weighted by Gasteiger charge is 2.15. The third-order valence-electron chi connectivity index (χ3n) is 3.59. The maximum absolute atomic E-state index is 12.1. The van der Waals surface area contributed by atoms with Crippen LogP contribution < -0.4 is 20.1 Å². The van der Waals surface area contributed by atoms with Gasteiger partial charge in [0.2, 0.25) is 0 Å². The topological polar surface area (TPSA) is 103 Å². The minimum Gasteiger partial charge on any atom is -0.497 e. The van der Waals surface area contributed by atoms with Gasteiger partial charge in [0.25, 0.3) is 5.69 Å². The van der Waals surface area contributed by atoms with Crippen LogP contribution >= 0.6 is 0 Å². The molecule has 0 heterocycles. The van der Waals surface area contributed by atoms with Crippen molar-refractivity contribution < 1.29 is 19.2 Å². The van der Waals surface area contributed by atoms with Gasteiger partial charge in [0.05, 0.1) is 25.2 Å². The van der Waals surface area contributed by atoms with Crippen molar-refractivity contribution in [1.29, 1.82) is 0 Å². The molecule has 2 amide bonds. The lowest BCUT2D eigenvalue weighted by molar-refractivity contribution is -0.384. The Morgan fingerprint density at radius 1 is 1.12 bits per heavy atom. The van der Waals surface area contributed by atoms with Crippen LogP contribution in [-0.4, -0.2) is 25.2 Å². The van der Waals surface area contributed by atoms with E-state index in [1.807, 2.05) is 6.92 Å². The molecule has 1 unspecified atom stereocenters. The number of hydrogen-bond donors (Lipinski definition) is 2. The van der Waals surface area contributed by atoms with Gasteiger partial charge in [-0.1, -0.05) is 0 Å². The van der Waals surface area contributed by atoms with E-state index in [1.165, 1.54) is 24.3 Å². The molecule has 0 aromatic heterocycles. The average molecular weight is 345 g/mol. The summed E-state index contributed by atoms with van der Waals surface area (Å²) in [5.74, 6) is 1.28. The van der Waals surface area contributed by atoms with Crippen LogP contribution in [0, 0.1) is 10.1 Å². The van der Waals surface area contributed by atoms with Gasteiger partial charge in [0, 0.05) is 23.4 Å². The maximum atomic E-state index is 12.1. The van der Waals surface area contributed by atoms with Crippen molar-refractivity contribution in [1.82, 2.24) is 5.32 Å². The third-order valence-corrected chi connectivity index (χ3v) is 3.59. The van der Waals surface area contributed by atoms with Gasteiger partial charge in [-0.15, -0.1) is 0 Å². The first-order chi connectivity index (χ1) is 11.9. The minimum absolute atomic E-state index is 0.0413. The molecule has 0 fully saturated rings. The van der Waals surface area contributed by atoms with Crippen molar-refractivity contribution in [3.8, 4) is 11.5 Å². The van der Waals surface area contributed by atoms with E-state index < -0.39 is 11.0 Å². The molecule has 8 heteroatoms. The van der Waals surface area contributed by atoms with Crippen LogP contribution in [0.2, 0.25) is 0 Å². The van der Waals surface area contributed by atoms with Gasteiger partial charge in [-0.25, -0.2) is 4.79 Å². The molecule has 2 aromatic rings. The number of urea groups is 1. The molecule has 0 saturated carbocycles. The molecule has 0 spiro atoms. The molecule has 25 heavy (non-hydrogen) atoms. The van der Waals surface area contributed by atoms with Crippen LogP contribution in [0.1, 0.15) is 18.5 Å². The predicted molar refractivity (Wildman–Crippen MR) is 93.2 cm³/mol. The molecule has 1 atom stereocenters. The Kier molecular flexibility index (Phi) is 5.78. The van der Waals surface area contributed by atoms with Gasteiger partial charge in [-0.05, 0) is 37.3 Å². The summed E-state index contributed by atoms with van der Waals surface area (Å²) in [7, 11) is 3.11. The number of hydrogen-bond acceptors (Lipinski definition) is 5. The van der Waals surface area contributed by atoms with Crippen molar-refractivity contribution >= 4 is 17.4 Å². The number of rotatable bonds is 6. The van der Waals surface area contributed by atoms with Gasteiger partial charge in [-0.2, -0.15) is 0 Å². The lowest BCUT2D eigenvalue weighted by Gasteiger charge is -2.18. The normalized spacial score (nSPS) is 11.3. The number of carbonyl (C=O) groups excluding carboxylic acids is 1. The van der Waals surface area contributed by atoms with E-state index in [1.54, 1.807) is 32.4 Å². The number of carbonyl (C=O) groups is 1. The van der Waals surface area contributed by atoms with Gasteiger partial charge in [0.15, 0.2) is 0 Å². The highest BCUT2D eigenvalue weighted by molar-refractivity contribution is 5.89. The zero-order chi connectivity index (χ0) is 18.4. The number of non-ortho nitro benzene ring substituents is 1. The van der Waals surface area contributed by atoms with E-state index in [4.69, 9.17) is 9.47 Å². The zero-order valence-electron chi connectivity index (χ0n) is 14.1. The first-order valence-corrected chi connectivity index (χ1v) is 7.48. The SMILES string of the molecule is COc1ccc(OC)c(C(C)NC(=O)Nc2ccc([N+](=O)[O-])cc2)c1. The molecule has 0 aliphatic carbocycles. The van der Waals surface area contributed by atoms with Gasteiger partial charge < -0.3 is 20.1 Å². The molecule has 132 valence electrons. The Hall–Kier alpha value is -3.29. The second kappa shape index (κ2) is 8.00. The number of methoxy groups -OCH3 is 2. The number of nitro benzene ring substituents is 1. The first-order valence-electron chi connectivity index (χ1n) is 7.48. The predicted octanol–water partition coefficient (Wildman–Crippen LogP) is 3.49. The fourth-order valence-electron chi connectivity index (χ4n) is 2.29. The molecule has 2 N–H and O–H groups in total. The van der Waals surface area contributed by atoms with Gasteiger partial charge >= 0.3 is 6.03 Å². The van der Waals surface area contributed by atoms with E-state index >= 15 is 0 Å². The zero-order valence-corrected chi connectivity index (χ0v) is 14.1. The molecule has 8 nitrogen and oxygen atoms in total. The van der Waals surface area contributed by atoms with E-state index in [9.17, 15) is 14.9 Å². The van der Waals surface area contributed by atoms with E-state index in [0.29, 0.717) is 17.2 Å². The van der Waals surface area contributed by atoms with Crippen LogP contribution in [0.25, 0.3) is 0 Å². The molecular weight excluding hydrogens is 326 g/mol. The number of ether oxygens (including phenoxy) is 2. The number of amides is 2. The summed E-state index contributed by atoms with van der Waals surface area (Å²) in [6, 6.07) is 10.1. The largest absolute Gasteiger partial charge is 0.497 e. The summed E-state index contributed by atoms with van der Waals surface area (Å²) >= 11 is 0. The third kappa shape index (κ3) is 4.60. The van der Waals surface area contributed by atoms with Crippen molar-refractivity contribution in [3.05, 3.63) is 58.1 Å². The summed E-state index contributed by atoms with van der Waals surface area (Å²) in [6.07, 6.45) is 0. The quantitative estimate of drug-likeness (QED) is 0.616. The molecule has 2 rings (SSSR count). The molecule has 0 bridgehead atoms. The molecular formula is C17H19N3O5. The molecule has 0 saturated heterocycles. The average Bonchev–Trinajstić information content (AvgIpc) is 2.61. The van der Waals surface area contributed by atoms with Crippen molar-refractivity contribution in [2.24, 2.45) is 0 Å². The lowest BCUT2D eigenvalue weighted by Crippen LogP contribution is -2.31. The highest BCUT2D eigenvalue weighted by atomic mass is 16.6. The molecule has 0 aliphatic heterocycles. The Morgan fingerprint density at radius 3 is 2.36 bits per heavy atom. The second-order valence-electron chi connectivity index (χ2n) is 5.23. The van der Waals surface area contributed by atoms with E-state index in [-0.39, 0.29) is 11.7 Å². The van der Waals surface area contributed by atoms with Crippen molar-refractivity contribution in [2.45, 2.75) is 13.0 Å². The van der Waals surface area contributed by atoms with Crippen LogP contribution in [0.15, 0.2) is 42.5 Å². The van der Waals surface area contributed by atoms with Crippen LogP contribution in [-0.2, 0) is 0 Å². The Balaban J connectivity index is 2.06. The Morgan fingerprint density at radius 2 is 1.80 bits per heavy atom. The standard InChI is InChI=1S/C17H19N3O5/c1-11(15-10-14(24-2)8-9-16(15)25-3)18-17(21)19-12-4-6-13(7-5-12)20(22)23/h4-11H,1-3H3,(H2,18,19,21). The van der Waals surface area contributed by atoms with Gasteiger partial charge in [0.1, 0.15) is 11.5 Å². The minimum atomic E-state index is -0.499. The van der Waals surface area contributed by atoms with Gasteiger partial charge in [-0.3, -0.25) is 10.1 Å². The molecule has 0 aliphatic rings. The highest BCUT2D eigenvalue weighted by Crippen LogP contribution is 2.29. The Bertz CT molecular complexity index is 761. The molecule has 0 radical (unpaired) electrons. The Labute approximate surface area is 144 Å². The second-order valence-corrected chi connectivity index (χ2v) is 5.23. The summed E-state index contributed by atoms with van der Waals surface area (Å²) in [5, 5.41) is 16.1. The van der Waals surface area contributed by atoms with Crippen molar-refractivity contribution in [3.63, 3.8) is 0 Å². The number of benzene rings is 2.